The molecule has 1 aromatic carbocycles. The molecule has 3 aromatic rings. The highest BCUT2D eigenvalue weighted by Gasteiger charge is 2.29. The number of aryl methyl sites for hydroxylation is 3. The van der Waals surface area contributed by atoms with E-state index in [1.165, 1.54) is 13.4 Å². The molecule has 154 valence electrons. The third-order valence-corrected chi connectivity index (χ3v) is 7.60. The van der Waals surface area contributed by atoms with Gasteiger partial charge in [-0.25, -0.2) is 13.2 Å². The van der Waals surface area contributed by atoms with Gasteiger partial charge in [0.1, 0.15) is 0 Å². The predicted molar refractivity (Wildman–Crippen MR) is 111 cm³/mol. The van der Waals surface area contributed by atoms with Crippen molar-refractivity contribution in [3.8, 4) is 0 Å². The molecular formula is C20H25N5O3S. The molecule has 1 aliphatic heterocycles. The number of benzene rings is 1. The number of hydrogen-bond donors (Lipinski definition) is 0. The Balaban J connectivity index is 1.52. The lowest BCUT2D eigenvalue weighted by molar-refractivity contribution is 0.179. The Hall–Kier alpha value is -2.49. The summed E-state index contributed by atoms with van der Waals surface area (Å²) in [7, 11) is -0.278. The number of sulfonamides is 1. The van der Waals surface area contributed by atoms with E-state index in [0.29, 0.717) is 37.2 Å². The third kappa shape index (κ3) is 3.50. The van der Waals surface area contributed by atoms with Crippen LogP contribution in [-0.4, -0.2) is 57.9 Å². The molecule has 0 atom stereocenters. The maximum atomic E-state index is 13.2. The number of rotatable bonds is 4. The van der Waals surface area contributed by atoms with Gasteiger partial charge in [0.2, 0.25) is 10.0 Å². The maximum absolute atomic E-state index is 13.2. The van der Waals surface area contributed by atoms with Crippen LogP contribution >= 0.6 is 0 Å². The van der Waals surface area contributed by atoms with Crippen LogP contribution in [0.25, 0.3) is 11.0 Å². The van der Waals surface area contributed by atoms with Crippen LogP contribution in [0.3, 0.4) is 0 Å². The fourth-order valence-electron chi connectivity index (χ4n) is 3.82. The second-order valence-corrected chi connectivity index (χ2v) is 9.44. The van der Waals surface area contributed by atoms with Gasteiger partial charge < -0.3 is 0 Å². The number of aromatic nitrogens is 3. The second kappa shape index (κ2) is 7.40. The highest BCUT2D eigenvalue weighted by molar-refractivity contribution is 7.89. The lowest BCUT2D eigenvalue weighted by Gasteiger charge is -2.34. The van der Waals surface area contributed by atoms with E-state index in [1.54, 1.807) is 38.5 Å². The van der Waals surface area contributed by atoms with Crippen LogP contribution in [0.4, 0.5) is 0 Å². The Kier molecular flexibility index (Phi) is 5.05. The summed E-state index contributed by atoms with van der Waals surface area (Å²) in [6.07, 6.45) is 1.79. The van der Waals surface area contributed by atoms with Crippen LogP contribution in [-0.2, 0) is 30.7 Å². The molecule has 0 amide bonds. The van der Waals surface area contributed by atoms with Gasteiger partial charge in [0.05, 0.1) is 21.6 Å². The normalized spacial score (nSPS) is 16.5. The molecule has 9 heteroatoms. The molecule has 8 nitrogen and oxygen atoms in total. The molecule has 1 aliphatic rings. The van der Waals surface area contributed by atoms with Crippen LogP contribution in [0.5, 0.6) is 0 Å². The van der Waals surface area contributed by atoms with E-state index >= 15 is 0 Å². The Bertz CT molecular complexity index is 1220. The standard InChI is InChI=1S/C20H25N5O3S/c1-15-5-4-8-21-17(15)14-24-9-11-25(12-10-24)29(27,28)16-6-7-18-19(13-16)23(3)20(26)22(18)2/h4-8,13H,9-12,14H2,1-3H3. The number of hydrogen-bond acceptors (Lipinski definition) is 5. The average Bonchev–Trinajstić information content (AvgIpc) is 2.94. The van der Waals surface area contributed by atoms with Crippen molar-refractivity contribution in [1.29, 1.82) is 0 Å². The summed E-state index contributed by atoms with van der Waals surface area (Å²) in [5.74, 6) is 0. The van der Waals surface area contributed by atoms with Gasteiger partial charge in [0.25, 0.3) is 0 Å². The topological polar surface area (TPSA) is 80.4 Å². The van der Waals surface area contributed by atoms with Crippen molar-refractivity contribution < 1.29 is 8.42 Å². The summed E-state index contributed by atoms with van der Waals surface area (Å²) in [5.41, 5.74) is 3.33. The molecule has 0 radical (unpaired) electrons. The van der Waals surface area contributed by atoms with Crippen LogP contribution in [0.2, 0.25) is 0 Å². The van der Waals surface area contributed by atoms with E-state index in [-0.39, 0.29) is 10.6 Å². The minimum absolute atomic E-state index is 0.173. The molecule has 0 bridgehead atoms. The summed E-state index contributed by atoms with van der Waals surface area (Å²) in [6.45, 7) is 4.93. The summed E-state index contributed by atoms with van der Waals surface area (Å²) < 4.78 is 30.8. The highest BCUT2D eigenvalue weighted by atomic mass is 32.2. The molecule has 0 saturated carbocycles. The third-order valence-electron chi connectivity index (χ3n) is 5.70. The fourth-order valence-corrected chi connectivity index (χ4v) is 5.26. The molecule has 3 heterocycles. The largest absolute Gasteiger partial charge is 0.328 e. The first kappa shape index (κ1) is 19.8. The Morgan fingerprint density at radius 2 is 1.69 bits per heavy atom. The average molecular weight is 416 g/mol. The first-order chi connectivity index (χ1) is 13.8. The number of piperazine rings is 1. The number of nitrogens with zero attached hydrogens (tertiary/aromatic N) is 5. The van der Waals surface area contributed by atoms with E-state index in [2.05, 4.69) is 9.88 Å². The first-order valence-corrected chi connectivity index (χ1v) is 11.0. The summed E-state index contributed by atoms with van der Waals surface area (Å²) in [6, 6.07) is 8.83. The van der Waals surface area contributed by atoms with Crippen LogP contribution < -0.4 is 5.69 Å². The molecule has 29 heavy (non-hydrogen) atoms. The number of imidazole rings is 1. The van der Waals surface area contributed by atoms with Crippen molar-refractivity contribution in [2.24, 2.45) is 14.1 Å². The fraction of sp³-hybridized carbons (Fsp3) is 0.400. The van der Waals surface area contributed by atoms with Crippen molar-refractivity contribution in [3.63, 3.8) is 0 Å². The van der Waals surface area contributed by atoms with Crippen molar-refractivity contribution in [3.05, 3.63) is 58.3 Å². The molecule has 0 N–H and O–H groups in total. The van der Waals surface area contributed by atoms with Gasteiger partial charge >= 0.3 is 5.69 Å². The molecule has 2 aromatic heterocycles. The van der Waals surface area contributed by atoms with Gasteiger partial charge in [-0.05, 0) is 36.8 Å². The van der Waals surface area contributed by atoms with Gasteiger partial charge in [-0.15, -0.1) is 0 Å². The second-order valence-electron chi connectivity index (χ2n) is 7.50. The maximum Gasteiger partial charge on any atom is 0.328 e. The zero-order valence-corrected chi connectivity index (χ0v) is 17.7. The van der Waals surface area contributed by atoms with Crippen molar-refractivity contribution >= 4 is 21.1 Å². The minimum atomic E-state index is -3.61. The molecule has 1 saturated heterocycles. The quantitative estimate of drug-likeness (QED) is 0.637. The van der Waals surface area contributed by atoms with Crippen LogP contribution in [0.15, 0.2) is 46.2 Å². The Morgan fingerprint density at radius 1 is 1.00 bits per heavy atom. The van der Waals surface area contributed by atoms with Gasteiger partial charge in [-0.1, -0.05) is 6.07 Å². The van der Waals surface area contributed by atoms with Crippen molar-refractivity contribution in [2.75, 3.05) is 26.2 Å². The number of pyridine rings is 1. The van der Waals surface area contributed by atoms with E-state index in [9.17, 15) is 13.2 Å². The predicted octanol–water partition coefficient (Wildman–Crippen LogP) is 1.09. The summed E-state index contributed by atoms with van der Waals surface area (Å²) in [5, 5.41) is 0. The smallest absolute Gasteiger partial charge is 0.295 e. The van der Waals surface area contributed by atoms with Gasteiger partial charge in [-0.3, -0.25) is 19.0 Å². The number of fused-ring (bicyclic) bond motifs is 1. The lowest BCUT2D eigenvalue weighted by Crippen LogP contribution is -2.48. The highest BCUT2D eigenvalue weighted by Crippen LogP contribution is 2.22. The minimum Gasteiger partial charge on any atom is -0.295 e. The molecular weight excluding hydrogens is 390 g/mol. The van der Waals surface area contributed by atoms with E-state index < -0.39 is 10.0 Å². The zero-order chi connectivity index (χ0) is 20.8. The SMILES string of the molecule is Cc1cccnc1CN1CCN(S(=O)(=O)c2ccc3c(c2)n(C)c(=O)n3C)CC1. The van der Waals surface area contributed by atoms with Crippen molar-refractivity contribution in [1.82, 2.24) is 23.3 Å². The molecule has 0 aliphatic carbocycles. The molecule has 4 rings (SSSR count). The molecule has 0 spiro atoms. The summed E-state index contributed by atoms with van der Waals surface area (Å²) in [4.78, 5) is 19.0. The van der Waals surface area contributed by atoms with Gasteiger partial charge in [0, 0.05) is 53.0 Å². The lowest BCUT2D eigenvalue weighted by atomic mass is 10.2. The first-order valence-electron chi connectivity index (χ1n) is 9.57. The van der Waals surface area contributed by atoms with E-state index in [1.807, 2.05) is 19.1 Å². The van der Waals surface area contributed by atoms with Crippen molar-refractivity contribution in [2.45, 2.75) is 18.4 Å². The van der Waals surface area contributed by atoms with Gasteiger partial charge in [-0.2, -0.15) is 4.31 Å². The Morgan fingerprint density at radius 3 is 2.38 bits per heavy atom. The zero-order valence-electron chi connectivity index (χ0n) is 16.9. The van der Waals surface area contributed by atoms with Crippen LogP contribution in [0.1, 0.15) is 11.3 Å². The Labute approximate surface area is 170 Å². The van der Waals surface area contributed by atoms with Gasteiger partial charge in [0.15, 0.2) is 0 Å². The molecule has 1 fully saturated rings. The monoisotopic (exact) mass is 415 g/mol. The van der Waals surface area contributed by atoms with E-state index in [0.717, 1.165) is 17.8 Å². The van der Waals surface area contributed by atoms with Crippen LogP contribution in [0, 0.1) is 6.92 Å². The van der Waals surface area contributed by atoms with E-state index in [4.69, 9.17) is 0 Å². The molecule has 0 unspecified atom stereocenters. The summed E-state index contributed by atoms with van der Waals surface area (Å²) >= 11 is 0.